The van der Waals surface area contributed by atoms with Gasteiger partial charge < -0.3 is 29.9 Å². The average molecular weight is 591 g/mol. The number of aliphatic hydroxyl groups is 4. The Morgan fingerprint density at radius 3 is 2.36 bits per heavy atom. The molecule has 0 aromatic rings. The van der Waals surface area contributed by atoms with Crippen molar-refractivity contribution in [1.82, 2.24) is 0 Å². The molecule has 0 bridgehead atoms. The molecule has 42 heavy (non-hydrogen) atoms. The number of aliphatic hydroxyl groups excluding tert-OH is 3. The van der Waals surface area contributed by atoms with Crippen LogP contribution >= 0.6 is 0 Å². The Kier molecular flexibility index (Phi) is 8.91. The Morgan fingerprint density at radius 2 is 1.69 bits per heavy atom. The summed E-state index contributed by atoms with van der Waals surface area (Å²) in [5.74, 6) is 2.40. The Labute approximate surface area is 255 Å². The summed E-state index contributed by atoms with van der Waals surface area (Å²) in [6.45, 7) is 18.2. The fourth-order valence-corrected chi connectivity index (χ4v) is 11.2. The van der Waals surface area contributed by atoms with Gasteiger partial charge in [-0.25, -0.2) is 0 Å². The van der Waals surface area contributed by atoms with E-state index >= 15 is 0 Å². The molecule has 0 radical (unpaired) electrons. The van der Waals surface area contributed by atoms with Gasteiger partial charge in [0.2, 0.25) is 0 Å². The zero-order chi connectivity index (χ0) is 30.9. The van der Waals surface area contributed by atoms with Crippen molar-refractivity contribution in [2.45, 2.75) is 162 Å². The molecule has 12 atom stereocenters. The van der Waals surface area contributed by atoms with Gasteiger partial charge in [-0.2, -0.15) is 0 Å². The molecule has 6 nitrogen and oxygen atoms in total. The first-order chi connectivity index (χ1) is 19.5. The number of fused-ring (bicyclic) bond motifs is 5. The summed E-state index contributed by atoms with van der Waals surface area (Å²) in [7, 11) is 0. The molecule has 6 heteroatoms. The number of rotatable bonds is 8. The highest BCUT2D eigenvalue weighted by molar-refractivity contribution is 5.30. The molecule has 0 amide bonds. The Hall–Kier alpha value is -0.500. The zero-order valence-electron chi connectivity index (χ0n) is 27.9. The second kappa shape index (κ2) is 11.4. The molecule has 5 rings (SSSR count). The maximum atomic E-state index is 11.0. The van der Waals surface area contributed by atoms with Crippen LogP contribution in [-0.4, -0.2) is 63.3 Å². The quantitative estimate of drug-likeness (QED) is 0.245. The predicted octanol–water partition coefficient (Wildman–Crippen LogP) is 6.38. The van der Waals surface area contributed by atoms with Crippen molar-refractivity contribution in [3.8, 4) is 0 Å². The van der Waals surface area contributed by atoms with Crippen LogP contribution in [0.4, 0.5) is 0 Å². The standard InChI is InChI=1S/C36H62O6/c1-22(9-14-30(33(4,5)40)42-31-20-23(38)19-24(21-37)41-31)25-15-16-36(8)28-12-10-26-27(11-13-29(39)32(26,2)3)34(28,6)17-18-35(25,36)7/h10,22-25,27-31,37-40H,9,11-21H2,1-8H3/t22-,23+,24+,25?,27?,28?,29+,30-,31+,34+,35-,36+/m1/s1. The van der Waals surface area contributed by atoms with Crippen molar-refractivity contribution in [2.24, 2.45) is 45.3 Å². The molecule has 3 saturated carbocycles. The SMILES string of the molecule is C[C@H](CC[C@@H](O[C@H]1C[C@@H](O)C[C@@H](CO)O1)C(C)(C)O)C1CC[C@@]2(C)C3CC=C4C(CC[C@H](O)C4(C)C)[C@]3(C)CC[C@]12C. The van der Waals surface area contributed by atoms with Crippen molar-refractivity contribution in [1.29, 1.82) is 0 Å². The molecular formula is C36H62O6. The zero-order valence-corrected chi connectivity index (χ0v) is 27.9. The average Bonchev–Trinajstić information content (AvgIpc) is 3.18. The van der Waals surface area contributed by atoms with Crippen molar-refractivity contribution < 1.29 is 29.9 Å². The van der Waals surface area contributed by atoms with Crippen LogP contribution in [0.1, 0.15) is 126 Å². The minimum atomic E-state index is -1.03. The molecule has 242 valence electrons. The molecular weight excluding hydrogens is 528 g/mol. The lowest BCUT2D eigenvalue weighted by atomic mass is 9.39. The van der Waals surface area contributed by atoms with E-state index in [-0.39, 0.29) is 23.5 Å². The first-order valence-corrected chi connectivity index (χ1v) is 17.2. The molecule has 1 saturated heterocycles. The molecule has 3 unspecified atom stereocenters. The summed E-state index contributed by atoms with van der Waals surface area (Å²) in [4.78, 5) is 0. The van der Waals surface area contributed by atoms with E-state index < -0.39 is 30.2 Å². The second-order valence-corrected chi connectivity index (χ2v) is 17.1. The molecule has 0 spiro atoms. The molecule has 4 N–H and O–H groups in total. The van der Waals surface area contributed by atoms with Crippen molar-refractivity contribution in [3.05, 3.63) is 11.6 Å². The van der Waals surface area contributed by atoms with Gasteiger partial charge in [0.15, 0.2) is 6.29 Å². The lowest BCUT2D eigenvalue weighted by Crippen LogP contribution is -2.59. The van der Waals surface area contributed by atoms with Crippen molar-refractivity contribution >= 4 is 0 Å². The van der Waals surface area contributed by atoms with Crippen molar-refractivity contribution in [2.75, 3.05) is 6.61 Å². The molecule has 5 aliphatic rings. The number of hydrogen-bond acceptors (Lipinski definition) is 6. The summed E-state index contributed by atoms with van der Waals surface area (Å²) in [6, 6.07) is 0. The highest BCUT2D eigenvalue weighted by Gasteiger charge is 2.67. The second-order valence-electron chi connectivity index (χ2n) is 17.1. The third kappa shape index (κ3) is 5.36. The maximum absolute atomic E-state index is 11.0. The van der Waals surface area contributed by atoms with Crippen molar-refractivity contribution in [3.63, 3.8) is 0 Å². The molecule has 1 heterocycles. The van der Waals surface area contributed by atoms with Crippen LogP contribution in [0.5, 0.6) is 0 Å². The lowest BCUT2D eigenvalue weighted by molar-refractivity contribution is -0.261. The minimum absolute atomic E-state index is 0.121. The summed E-state index contributed by atoms with van der Waals surface area (Å²) in [5, 5.41) is 41.8. The molecule has 1 aliphatic heterocycles. The van der Waals surface area contributed by atoms with E-state index in [1.54, 1.807) is 13.8 Å². The van der Waals surface area contributed by atoms with Gasteiger partial charge in [-0.15, -0.1) is 0 Å². The Morgan fingerprint density at radius 1 is 0.976 bits per heavy atom. The van der Waals surface area contributed by atoms with E-state index in [9.17, 15) is 20.4 Å². The highest BCUT2D eigenvalue weighted by Crippen LogP contribution is 2.75. The molecule has 0 aromatic carbocycles. The largest absolute Gasteiger partial charge is 0.394 e. The number of ether oxygens (including phenoxy) is 2. The van der Waals surface area contributed by atoms with E-state index in [1.165, 1.54) is 31.3 Å². The number of allylic oxidation sites excluding steroid dienone is 1. The normalized spacial score (nSPS) is 46.7. The summed E-state index contributed by atoms with van der Waals surface area (Å²) in [6.07, 6.45) is 11.1. The van der Waals surface area contributed by atoms with Crippen LogP contribution in [0, 0.1) is 45.3 Å². The first-order valence-electron chi connectivity index (χ1n) is 17.2. The van der Waals surface area contributed by atoms with E-state index in [1.807, 2.05) is 0 Å². The molecule has 4 fully saturated rings. The molecule has 0 aromatic heterocycles. The van der Waals surface area contributed by atoms with E-state index in [2.05, 4.69) is 47.6 Å². The van der Waals surface area contributed by atoms with Crippen LogP contribution in [0.15, 0.2) is 11.6 Å². The fraction of sp³-hybridized carbons (Fsp3) is 0.944. The van der Waals surface area contributed by atoms with Crippen LogP contribution in [0.3, 0.4) is 0 Å². The van der Waals surface area contributed by atoms with Crippen LogP contribution < -0.4 is 0 Å². The van der Waals surface area contributed by atoms with Gasteiger partial charge in [0, 0.05) is 18.3 Å². The van der Waals surface area contributed by atoms with Crippen LogP contribution in [-0.2, 0) is 9.47 Å². The number of hydrogen-bond donors (Lipinski definition) is 4. The summed E-state index contributed by atoms with van der Waals surface area (Å²) in [5.41, 5.74) is 1.25. The van der Waals surface area contributed by atoms with Gasteiger partial charge in [-0.05, 0) is 112 Å². The minimum Gasteiger partial charge on any atom is -0.394 e. The lowest BCUT2D eigenvalue weighted by Gasteiger charge is -2.66. The topological polar surface area (TPSA) is 99.4 Å². The van der Waals surface area contributed by atoms with Gasteiger partial charge in [-0.3, -0.25) is 0 Å². The first kappa shape index (κ1) is 32.9. The van der Waals surface area contributed by atoms with Gasteiger partial charge in [0.05, 0.1) is 36.6 Å². The van der Waals surface area contributed by atoms with Crippen LogP contribution in [0.2, 0.25) is 0 Å². The van der Waals surface area contributed by atoms with Crippen LogP contribution in [0.25, 0.3) is 0 Å². The summed E-state index contributed by atoms with van der Waals surface area (Å²) < 4.78 is 12.2. The third-order valence-electron chi connectivity index (χ3n) is 14.1. The third-order valence-corrected chi connectivity index (χ3v) is 14.1. The predicted molar refractivity (Wildman–Crippen MR) is 166 cm³/mol. The van der Waals surface area contributed by atoms with E-state index in [0.29, 0.717) is 47.3 Å². The van der Waals surface area contributed by atoms with Gasteiger partial charge in [-0.1, -0.05) is 53.2 Å². The van der Waals surface area contributed by atoms with E-state index in [0.717, 1.165) is 32.1 Å². The summed E-state index contributed by atoms with van der Waals surface area (Å²) >= 11 is 0. The van der Waals surface area contributed by atoms with E-state index in [4.69, 9.17) is 9.47 Å². The maximum Gasteiger partial charge on any atom is 0.161 e. The molecule has 4 aliphatic carbocycles. The monoisotopic (exact) mass is 590 g/mol. The van der Waals surface area contributed by atoms with Gasteiger partial charge in [0.1, 0.15) is 0 Å². The Balaban J connectivity index is 1.29. The smallest absolute Gasteiger partial charge is 0.161 e. The Bertz CT molecular complexity index is 1000. The fourth-order valence-electron chi connectivity index (χ4n) is 11.2. The highest BCUT2D eigenvalue weighted by atomic mass is 16.7. The van der Waals surface area contributed by atoms with Gasteiger partial charge >= 0.3 is 0 Å². The van der Waals surface area contributed by atoms with Gasteiger partial charge in [0.25, 0.3) is 0 Å².